The van der Waals surface area contributed by atoms with Gasteiger partial charge in [-0.3, -0.25) is 4.79 Å². The molecule has 37 heavy (non-hydrogen) atoms. The number of rotatable bonds is 10. The summed E-state index contributed by atoms with van der Waals surface area (Å²) in [6.07, 6.45) is 2.02. The van der Waals surface area contributed by atoms with Crippen LogP contribution in [0, 0.1) is 11.6 Å². The molecule has 0 spiro atoms. The number of ether oxygens (including phenoxy) is 2. The average Bonchev–Trinajstić information content (AvgIpc) is 3.31. The van der Waals surface area contributed by atoms with Crippen molar-refractivity contribution in [3.05, 3.63) is 53.4 Å². The fraction of sp³-hybridized carbons (Fsp3) is 0.385. The zero-order valence-electron chi connectivity index (χ0n) is 21.5. The van der Waals surface area contributed by atoms with Gasteiger partial charge in [0.05, 0.1) is 19.6 Å². The summed E-state index contributed by atoms with van der Waals surface area (Å²) in [7, 11) is 4.91. The van der Waals surface area contributed by atoms with E-state index in [0.29, 0.717) is 35.9 Å². The number of fused-ring (bicyclic) bond motifs is 3. The molecule has 0 unspecified atom stereocenters. The average molecular weight is 513 g/mol. The summed E-state index contributed by atoms with van der Waals surface area (Å²) in [6, 6.07) is 7.50. The number of benzene rings is 2. The minimum Gasteiger partial charge on any atom is -0.497 e. The summed E-state index contributed by atoms with van der Waals surface area (Å²) in [6.45, 7) is 3.82. The maximum Gasteiger partial charge on any atom is 0.226 e. The summed E-state index contributed by atoms with van der Waals surface area (Å²) in [5.74, 6) is 0.540. The second-order valence-electron chi connectivity index (χ2n) is 8.89. The van der Waals surface area contributed by atoms with E-state index in [-0.39, 0.29) is 28.8 Å². The van der Waals surface area contributed by atoms with Gasteiger partial charge in [-0.15, -0.1) is 5.10 Å². The van der Waals surface area contributed by atoms with Crippen molar-refractivity contribution in [3.63, 3.8) is 0 Å². The summed E-state index contributed by atoms with van der Waals surface area (Å²) >= 11 is 0. The predicted octanol–water partition coefficient (Wildman–Crippen LogP) is 4.37. The highest BCUT2D eigenvalue weighted by molar-refractivity contribution is 5.92. The van der Waals surface area contributed by atoms with Crippen molar-refractivity contribution in [1.29, 1.82) is 0 Å². The smallest absolute Gasteiger partial charge is 0.226 e. The molecule has 0 aliphatic heterocycles. The van der Waals surface area contributed by atoms with Crippen LogP contribution in [0.3, 0.4) is 0 Å². The number of aromatic nitrogens is 4. The lowest BCUT2D eigenvalue weighted by Gasteiger charge is -2.23. The largest absolute Gasteiger partial charge is 0.497 e. The Morgan fingerprint density at radius 3 is 2.65 bits per heavy atom. The van der Waals surface area contributed by atoms with Gasteiger partial charge in [0.1, 0.15) is 22.8 Å². The molecule has 4 rings (SSSR count). The van der Waals surface area contributed by atoms with E-state index in [4.69, 9.17) is 9.47 Å². The minimum absolute atomic E-state index is 0.00385. The SMILES string of the molecule is COc1ccc(CNc2nc3c(F)cc(F)cc3c3nc(CCC[C@H](C)N(C)C(C)=O)nn23)c(OC)c1. The Morgan fingerprint density at radius 2 is 1.95 bits per heavy atom. The second kappa shape index (κ2) is 10.9. The topological polar surface area (TPSA) is 93.9 Å². The fourth-order valence-corrected chi connectivity index (χ4v) is 4.13. The van der Waals surface area contributed by atoms with E-state index >= 15 is 0 Å². The van der Waals surface area contributed by atoms with Crippen molar-refractivity contribution in [2.75, 3.05) is 26.6 Å². The van der Waals surface area contributed by atoms with Gasteiger partial charge in [0.25, 0.3) is 0 Å². The number of aryl methyl sites for hydroxylation is 1. The summed E-state index contributed by atoms with van der Waals surface area (Å²) in [5, 5.41) is 8.00. The minimum atomic E-state index is -0.784. The number of nitrogens with zero attached hydrogens (tertiary/aromatic N) is 5. The van der Waals surface area contributed by atoms with Crippen molar-refractivity contribution >= 4 is 28.4 Å². The maximum atomic E-state index is 14.7. The van der Waals surface area contributed by atoms with Gasteiger partial charge in [-0.2, -0.15) is 4.52 Å². The van der Waals surface area contributed by atoms with Crippen LogP contribution < -0.4 is 14.8 Å². The van der Waals surface area contributed by atoms with Crippen LogP contribution in [0.5, 0.6) is 11.5 Å². The first-order valence-corrected chi connectivity index (χ1v) is 11.9. The van der Waals surface area contributed by atoms with E-state index in [2.05, 4.69) is 20.4 Å². The molecule has 0 saturated heterocycles. The van der Waals surface area contributed by atoms with Crippen LogP contribution in [-0.4, -0.2) is 57.7 Å². The molecule has 0 saturated carbocycles. The van der Waals surface area contributed by atoms with Crippen LogP contribution in [0.2, 0.25) is 0 Å². The van der Waals surface area contributed by atoms with Crippen LogP contribution in [0.15, 0.2) is 30.3 Å². The molecular weight excluding hydrogens is 482 g/mol. The number of methoxy groups -OCH3 is 2. The molecule has 2 aromatic heterocycles. The van der Waals surface area contributed by atoms with Gasteiger partial charge in [-0.1, -0.05) is 0 Å². The van der Waals surface area contributed by atoms with E-state index in [1.807, 2.05) is 19.1 Å². The van der Waals surface area contributed by atoms with E-state index < -0.39 is 11.6 Å². The zero-order chi connectivity index (χ0) is 26.7. The molecule has 0 bridgehead atoms. The molecular formula is C26H30F2N6O3. The van der Waals surface area contributed by atoms with Crippen LogP contribution >= 0.6 is 0 Å². The maximum absolute atomic E-state index is 14.7. The molecule has 0 fully saturated rings. The van der Waals surface area contributed by atoms with Crippen molar-refractivity contribution in [3.8, 4) is 11.5 Å². The Balaban J connectivity index is 1.66. The number of hydrogen-bond acceptors (Lipinski definition) is 7. The van der Waals surface area contributed by atoms with Crippen LogP contribution in [0.1, 0.15) is 38.1 Å². The Morgan fingerprint density at radius 1 is 1.16 bits per heavy atom. The molecule has 196 valence electrons. The molecule has 1 amide bonds. The Bertz CT molecular complexity index is 1440. The van der Waals surface area contributed by atoms with Crippen molar-refractivity contribution in [2.45, 2.75) is 45.7 Å². The van der Waals surface area contributed by atoms with Crippen LogP contribution in [0.25, 0.3) is 16.6 Å². The van der Waals surface area contributed by atoms with E-state index in [9.17, 15) is 13.6 Å². The monoisotopic (exact) mass is 512 g/mol. The lowest BCUT2D eigenvalue weighted by Crippen LogP contribution is -2.33. The molecule has 1 N–H and O–H groups in total. The van der Waals surface area contributed by atoms with Gasteiger partial charge in [-0.05, 0) is 38.0 Å². The zero-order valence-corrected chi connectivity index (χ0v) is 21.5. The molecule has 4 aromatic rings. The Hall–Kier alpha value is -4.02. The first-order chi connectivity index (χ1) is 17.7. The molecule has 0 aliphatic rings. The number of carbonyl (C=O) groups is 1. The van der Waals surface area contributed by atoms with Crippen LogP contribution in [0.4, 0.5) is 14.7 Å². The first kappa shape index (κ1) is 26.1. The number of anilines is 1. The molecule has 9 nitrogen and oxygen atoms in total. The Labute approximate surface area is 213 Å². The third kappa shape index (κ3) is 5.55. The number of carbonyl (C=O) groups excluding carboxylic acids is 1. The molecule has 1 atom stereocenters. The summed E-state index contributed by atoms with van der Waals surface area (Å²) in [4.78, 5) is 22.3. The van der Waals surface area contributed by atoms with Gasteiger partial charge < -0.3 is 19.7 Å². The third-order valence-corrected chi connectivity index (χ3v) is 6.45. The number of hydrogen-bond donors (Lipinski definition) is 1. The van der Waals surface area contributed by atoms with Gasteiger partial charge in [0.15, 0.2) is 17.3 Å². The lowest BCUT2D eigenvalue weighted by atomic mass is 10.1. The molecule has 0 radical (unpaired) electrons. The van der Waals surface area contributed by atoms with Gasteiger partial charge in [0.2, 0.25) is 11.9 Å². The van der Waals surface area contributed by atoms with Crippen molar-refractivity contribution in [1.82, 2.24) is 24.5 Å². The molecule has 2 heterocycles. The lowest BCUT2D eigenvalue weighted by molar-refractivity contribution is -0.129. The van der Waals surface area contributed by atoms with Gasteiger partial charge in [0, 0.05) is 50.7 Å². The summed E-state index contributed by atoms with van der Waals surface area (Å²) < 4.78 is 41.0. The number of amides is 1. The van der Waals surface area contributed by atoms with E-state index in [0.717, 1.165) is 24.5 Å². The highest BCUT2D eigenvalue weighted by Gasteiger charge is 2.18. The van der Waals surface area contributed by atoms with Gasteiger partial charge >= 0.3 is 0 Å². The molecule has 2 aromatic carbocycles. The van der Waals surface area contributed by atoms with E-state index in [1.165, 1.54) is 17.5 Å². The molecule has 11 heteroatoms. The standard InChI is InChI=1S/C26H30F2N6O3/c1-15(33(3)16(2)35)7-6-8-23-30-25-20-11-18(27)12-21(28)24(20)31-26(34(25)32-23)29-14-17-9-10-19(36-4)13-22(17)37-5/h9-13,15H,6-8,14H2,1-5H3,(H,29,31)/t15-/m0/s1. The van der Waals surface area contributed by atoms with Crippen molar-refractivity contribution < 1.29 is 23.0 Å². The van der Waals surface area contributed by atoms with Crippen LogP contribution in [-0.2, 0) is 17.8 Å². The van der Waals surface area contributed by atoms with Gasteiger partial charge in [-0.25, -0.2) is 18.7 Å². The third-order valence-electron chi connectivity index (χ3n) is 6.45. The quantitative estimate of drug-likeness (QED) is 0.337. The second-order valence-corrected chi connectivity index (χ2v) is 8.89. The normalized spacial score (nSPS) is 12.1. The highest BCUT2D eigenvalue weighted by Crippen LogP contribution is 2.27. The fourth-order valence-electron chi connectivity index (χ4n) is 4.13. The number of nitrogens with one attached hydrogen (secondary N) is 1. The van der Waals surface area contributed by atoms with E-state index in [1.54, 1.807) is 32.2 Å². The number of halogens is 2. The Kier molecular flexibility index (Phi) is 7.70. The summed E-state index contributed by atoms with van der Waals surface area (Å²) in [5.41, 5.74) is 1.12. The van der Waals surface area contributed by atoms with Crippen molar-refractivity contribution in [2.24, 2.45) is 0 Å². The first-order valence-electron chi connectivity index (χ1n) is 11.9. The highest BCUT2D eigenvalue weighted by atomic mass is 19.1. The molecule has 0 aliphatic carbocycles. The predicted molar refractivity (Wildman–Crippen MR) is 136 cm³/mol.